The number of rotatable bonds is 5. The Morgan fingerprint density at radius 1 is 0.909 bits per heavy atom. The van der Waals surface area contributed by atoms with E-state index in [0.717, 1.165) is 0 Å². The Labute approximate surface area is 204 Å². The van der Waals surface area contributed by atoms with E-state index in [0.29, 0.717) is 34.0 Å². The molecule has 3 atom stereocenters. The molecule has 3 heterocycles. The molecule has 2 aromatic rings. The van der Waals surface area contributed by atoms with Crippen molar-refractivity contribution in [3.8, 4) is 0 Å². The molecule has 0 amide bonds. The Balaban J connectivity index is 1.80. The van der Waals surface area contributed by atoms with Crippen LogP contribution in [0, 0.1) is 5.92 Å². The van der Waals surface area contributed by atoms with E-state index in [9.17, 15) is 0 Å². The maximum Gasteiger partial charge on any atom is 0.335 e. The van der Waals surface area contributed by atoms with E-state index >= 15 is 0 Å². The summed E-state index contributed by atoms with van der Waals surface area (Å²) in [6.07, 6.45) is 7.61. The zero-order chi connectivity index (χ0) is 24.1. The summed E-state index contributed by atoms with van der Waals surface area (Å²) < 4.78 is 23.5. The summed E-state index contributed by atoms with van der Waals surface area (Å²) in [4.78, 5) is 13.0. The summed E-state index contributed by atoms with van der Waals surface area (Å²) >= 11 is 6.28. The molecule has 10 heteroatoms. The van der Waals surface area contributed by atoms with Gasteiger partial charge in [-0.15, -0.1) is 0 Å². The summed E-state index contributed by atoms with van der Waals surface area (Å²) in [6, 6.07) is -0.0604. The van der Waals surface area contributed by atoms with Crippen molar-refractivity contribution in [2.75, 3.05) is 6.61 Å². The molecule has 7 nitrogen and oxygen atoms in total. The first-order chi connectivity index (χ1) is 15.5. The third-order valence-electron chi connectivity index (χ3n) is 7.31. The van der Waals surface area contributed by atoms with Crippen LogP contribution >= 0.6 is 11.6 Å². The van der Waals surface area contributed by atoms with Crippen LogP contribution in [-0.4, -0.2) is 49.4 Å². The highest BCUT2D eigenvalue weighted by molar-refractivity contribution is 6.84. The molecule has 182 valence electrons. The summed E-state index contributed by atoms with van der Waals surface area (Å²) in [7, 11) is -5.23. The molecule has 0 spiro atoms. The van der Waals surface area contributed by atoms with Crippen LogP contribution in [0.15, 0.2) is 24.8 Å². The second-order valence-electron chi connectivity index (χ2n) is 10.6. The van der Waals surface area contributed by atoms with Crippen molar-refractivity contribution in [1.82, 2.24) is 19.5 Å². The summed E-state index contributed by atoms with van der Waals surface area (Å²) in [5.74, 6) is 0.141. The molecular formula is C23H37ClN4O3Si2. The molecule has 0 aromatic carbocycles. The predicted octanol–water partition coefficient (Wildman–Crippen LogP) is 6.16. The minimum atomic E-state index is -2.70. The lowest BCUT2D eigenvalue weighted by Crippen LogP contribution is -2.64. The van der Waals surface area contributed by atoms with E-state index in [1.54, 1.807) is 6.33 Å². The highest BCUT2D eigenvalue weighted by Gasteiger charge is 2.59. The first-order valence-corrected chi connectivity index (χ1v) is 16.4. The average molecular weight is 509 g/mol. The average Bonchev–Trinajstić information content (AvgIpc) is 3.31. The standard InChI is InChI=1S/C23H37ClN4O3Si2/c1-14(2)32(15(3)4)29-11-18-9-10-19(21(18)30-33(31-32,16(5)6)17(7)8)28-13-27-20-22(24)25-12-26-23(20)28/h9-10,12-19,21H,11H2,1-8H3/t18-,19-,21-/m1/s1. The molecule has 1 saturated heterocycles. The fourth-order valence-corrected chi connectivity index (χ4v) is 16.9. The van der Waals surface area contributed by atoms with Crippen molar-refractivity contribution in [3.05, 3.63) is 30.0 Å². The van der Waals surface area contributed by atoms with Crippen LogP contribution in [-0.2, 0) is 13.0 Å². The van der Waals surface area contributed by atoms with Gasteiger partial charge in [-0.2, -0.15) is 0 Å². The summed E-state index contributed by atoms with van der Waals surface area (Å²) in [5.41, 5.74) is 2.55. The molecule has 1 aliphatic heterocycles. The van der Waals surface area contributed by atoms with E-state index in [-0.39, 0.29) is 29.1 Å². The van der Waals surface area contributed by atoms with Gasteiger partial charge in [0.1, 0.15) is 11.8 Å². The first-order valence-electron chi connectivity index (χ1n) is 12.1. The molecule has 0 unspecified atom stereocenters. The molecule has 1 fully saturated rings. The molecule has 0 radical (unpaired) electrons. The van der Waals surface area contributed by atoms with Gasteiger partial charge in [0.15, 0.2) is 10.8 Å². The van der Waals surface area contributed by atoms with Gasteiger partial charge in [-0.05, 0) is 22.2 Å². The smallest absolute Gasteiger partial charge is 0.335 e. The van der Waals surface area contributed by atoms with Crippen molar-refractivity contribution in [1.29, 1.82) is 0 Å². The Hall–Kier alpha value is -1.11. The molecule has 2 aromatic heterocycles. The third-order valence-corrected chi connectivity index (χ3v) is 17.8. The zero-order valence-corrected chi connectivity index (χ0v) is 23.7. The van der Waals surface area contributed by atoms with E-state index < -0.39 is 17.1 Å². The Morgan fingerprint density at radius 3 is 2.15 bits per heavy atom. The van der Waals surface area contributed by atoms with Gasteiger partial charge in [-0.1, -0.05) is 79.1 Å². The monoisotopic (exact) mass is 508 g/mol. The van der Waals surface area contributed by atoms with Crippen LogP contribution in [0.2, 0.25) is 27.3 Å². The highest BCUT2D eigenvalue weighted by Crippen LogP contribution is 2.49. The lowest BCUT2D eigenvalue weighted by molar-refractivity contribution is 0.0280. The SMILES string of the molecule is CC(C)[Si]1(C(C)C)OC[C@H]2C=C[C@@H](n3cnc4c(Cl)ncnc43)[C@@H]2O[Si](C(C)C)(C(C)C)O1. The Bertz CT molecular complexity index is 1010. The van der Waals surface area contributed by atoms with E-state index in [1.807, 2.05) is 0 Å². The second kappa shape index (κ2) is 9.16. The van der Waals surface area contributed by atoms with Crippen molar-refractivity contribution < 1.29 is 13.0 Å². The maximum absolute atomic E-state index is 7.33. The van der Waals surface area contributed by atoms with Gasteiger partial charge >= 0.3 is 17.1 Å². The zero-order valence-electron chi connectivity index (χ0n) is 20.9. The quantitative estimate of drug-likeness (QED) is 0.273. The highest BCUT2D eigenvalue weighted by atomic mass is 35.5. The van der Waals surface area contributed by atoms with Crippen LogP contribution in [0.1, 0.15) is 61.4 Å². The topological polar surface area (TPSA) is 71.3 Å². The van der Waals surface area contributed by atoms with Gasteiger partial charge in [0.2, 0.25) is 0 Å². The molecule has 2 aliphatic rings. The van der Waals surface area contributed by atoms with Crippen LogP contribution in [0.3, 0.4) is 0 Å². The maximum atomic E-state index is 7.33. The van der Waals surface area contributed by atoms with Crippen LogP contribution in [0.5, 0.6) is 0 Å². The van der Waals surface area contributed by atoms with Crippen molar-refractivity contribution in [2.24, 2.45) is 5.92 Å². The van der Waals surface area contributed by atoms with E-state index in [1.165, 1.54) is 6.33 Å². The van der Waals surface area contributed by atoms with E-state index in [4.69, 9.17) is 24.6 Å². The Morgan fingerprint density at radius 2 is 1.55 bits per heavy atom. The number of imidazole rings is 1. The normalized spacial score (nSPS) is 27.0. The minimum absolute atomic E-state index is 0.0604. The summed E-state index contributed by atoms with van der Waals surface area (Å²) in [6.45, 7) is 18.6. The van der Waals surface area contributed by atoms with Crippen molar-refractivity contribution in [3.63, 3.8) is 0 Å². The molecular weight excluding hydrogens is 472 g/mol. The Kier molecular flexibility index (Phi) is 6.94. The van der Waals surface area contributed by atoms with Crippen LogP contribution < -0.4 is 0 Å². The number of hydrogen-bond acceptors (Lipinski definition) is 6. The van der Waals surface area contributed by atoms with Gasteiger partial charge in [0.25, 0.3) is 0 Å². The summed E-state index contributed by atoms with van der Waals surface area (Å²) in [5, 5.41) is 0.361. The fourth-order valence-electron chi connectivity index (χ4n) is 5.48. The largest absolute Gasteiger partial charge is 0.414 e. The van der Waals surface area contributed by atoms with Crippen molar-refractivity contribution >= 4 is 39.9 Å². The lowest BCUT2D eigenvalue weighted by Gasteiger charge is -2.52. The van der Waals surface area contributed by atoms with Gasteiger partial charge in [-0.3, -0.25) is 0 Å². The number of halogens is 1. The fraction of sp³-hybridized carbons (Fsp3) is 0.696. The molecule has 33 heavy (non-hydrogen) atoms. The third kappa shape index (κ3) is 4.04. The minimum Gasteiger partial charge on any atom is -0.414 e. The molecule has 0 bridgehead atoms. The first kappa shape index (κ1) is 25.0. The van der Waals surface area contributed by atoms with E-state index in [2.05, 4.69) is 87.1 Å². The van der Waals surface area contributed by atoms with Gasteiger partial charge < -0.3 is 17.5 Å². The lowest BCUT2D eigenvalue weighted by atomic mass is 10.1. The van der Waals surface area contributed by atoms with Crippen molar-refractivity contribution in [2.45, 2.75) is 89.7 Å². The second-order valence-corrected chi connectivity index (χ2v) is 19.8. The predicted molar refractivity (Wildman–Crippen MR) is 136 cm³/mol. The van der Waals surface area contributed by atoms with Gasteiger partial charge in [-0.25, -0.2) is 15.0 Å². The van der Waals surface area contributed by atoms with Crippen LogP contribution in [0.25, 0.3) is 11.2 Å². The van der Waals surface area contributed by atoms with Crippen LogP contribution in [0.4, 0.5) is 0 Å². The number of hydrogen-bond donors (Lipinski definition) is 0. The van der Waals surface area contributed by atoms with Gasteiger partial charge in [0, 0.05) is 12.5 Å². The number of fused-ring (bicyclic) bond motifs is 2. The molecule has 0 saturated carbocycles. The number of aromatic nitrogens is 4. The number of nitrogens with zero attached hydrogens (tertiary/aromatic N) is 4. The van der Waals surface area contributed by atoms with Gasteiger partial charge in [0.05, 0.1) is 18.5 Å². The molecule has 1 aliphatic carbocycles. The molecule has 4 rings (SSSR count). The molecule has 0 N–H and O–H groups in total.